The number of hydrogen-bond donors (Lipinski definition) is 1. The number of nitrogens with two attached hydrogens (primary N) is 1. The van der Waals surface area contributed by atoms with Crippen molar-refractivity contribution in [1.29, 1.82) is 0 Å². The monoisotopic (exact) mass is 234 g/mol. The Hall–Kier alpha value is -1.84. The zero-order chi connectivity index (χ0) is 12.8. The topological polar surface area (TPSA) is 63.4 Å². The van der Waals surface area contributed by atoms with Gasteiger partial charge in [-0.2, -0.15) is 0 Å². The van der Waals surface area contributed by atoms with E-state index in [1.54, 1.807) is 19.1 Å². The lowest BCUT2D eigenvalue weighted by Gasteiger charge is -2.30. The lowest BCUT2D eigenvalue weighted by Crippen LogP contribution is -2.43. The first-order valence-corrected chi connectivity index (χ1v) is 5.72. The number of para-hydroxylation sites is 1. The van der Waals surface area contributed by atoms with E-state index in [1.165, 1.54) is 0 Å². The van der Waals surface area contributed by atoms with Gasteiger partial charge in [0.15, 0.2) is 6.29 Å². The van der Waals surface area contributed by atoms with E-state index in [9.17, 15) is 9.59 Å². The van der Waals surface area contributed by atoms with Crippen molar-refractivity contribution in [1.82, 2.24) is 0 Å². The number of carbonyl (C=O) groups excluding carboxylic acids is 2. The van der Waals surface area contributed by atoms with E-state index in [0.717, 1.165) is 18.4 Å². The van der Waals surface area contributed by atoms with Crippen molar-refractivity contribution in [3.63, 3.8) is 0 Å². The van der Waals surface area contributed by atoms with Crippen molar-refractivity contribution >= 4 is 17.9 Å². The Bertz CT molecular complexity index is 404. The van der Waals surface area contributed by atoms with Crippen LogP contribution in [0.1, 0.15) is 30.6 Å². The number of hydrogen-bond acceptors (Lipinski definition) is 3. The summed E-state index contributed by atoms with van der Waals surface area (Å²) in [5.74, 6) is -0.390. The minimum Gasteiger partial charge on any atom is -0.368 e. The summed E-state index contributed by atoms with van der Waals surface area (Å²) >= 11 is 0. The molecule has 0 aliphatic carbocycles. The summed E-state index contributed by atoms with van der Waals surface area (Å²) in [6.45, 7) is 4.46. The summed E-state index contributed by atoms with van der Waals surface area (Å²) in [6.07, 6.45) is 1.68. The predicted octanol–water partition coefficient (Wildman–Crippen LogP) is 1.59. The van der Waals surface area contributed by atoms with E-state index in [0.29, 0.717) is 12.1 Å². The van der Waals surface area contributed by atoms with Gasteiger partial charge in [0.05, 0.1) is 0 Å². The summed E-state index contributed by atoms with van der Waals surface area (Å²) in [7, 11) is 0. The zero-order valence-electron chi connectivity index (χ0n) is 10.2. The molecule has 1 aromatic rings. The van der Waals surface area contributed by atoms with Crippen molar-refractivity contribution in [2.45, 2.75) is 26.3 Å². The first kappa shape index (κ1) is 13.2. The van der Waals surface area contributed by atoms with Gasteiger partial charge in [0.25, 0.3) is 0 Å². The SMILES string of the molecule is CCCN(c1ccccc1C=O)C(C)C(N)=O. The number of rotatable bonds is 6. The molecule has 0 bridgehead atoms. The maximum atomic E-state index is 11.3. The van der Waals surface area contributed by atoms with Crippen molar-refractivity contribution in [2.75, 3.05) is 11.4 Å². The van der Waals surface area contributed by atoms with Crippen LogP contribution < -0.4 is 10.6 Å². The number of benzene rings is 1. The van der Waals surface area contributed by atoms with Crippen molar-refractivity contribution in [3.05, 3.63) is 29.8 Å². The number of primary amides is 1. The third kappa shape index (κ3) is 3.06. The highest BCUT2D eigenvalue weighted by atomic mass is 16.1. The largest absolute Gasteiger partial charge is 0.368 e. The van der Waals surface area contributed by atoms with Crippen molar-refractivity contribution < 1.29 is 9.59 Å². The van der Waals surface area contributed by atoms with Crippen LogP contribution in [0.3, 0.4) is 0 Å². The molecule has 0 radical (unpaired) electrons. The zero-order valence-corrected chi connectivity index (χ0v) is 10.2. The number of nitrogens with zero attached hydrogens (tertiary/aromatic N) is 1. The molecule has 0 spiro atoms. The van der Waals surface area contributed by atoms with E-state index in [1.807, 2.05) is 24.0 Å². The third-order valence-corrected chi connectivity index (χ3v) is 2.72. The van der Waals surface area contributed by atoms with Crippen LogP contribution in [0.15, 0.2) is 24.3 Å². The van der Waals surface area contributed by atoms with Gasteiger partial charge in [-0.25, -0.2) is 0 Å². The van der Waals surface area contributed by atoms with E-state index in [4.69, 9.17) is 5.73 Å². The van der Waals surface area contributed by atoms with Crippen LogP contribution in [-0.4, -0.2) is 24.8 Å². The van der Waals surface area contributed by atoms with E-state index in [-0.39, 0.29) is 5.91 Å². The fraction of sp³-hybridized carbons (Fsp3) is 0.385. The Kier molecular flexibility index (Phi) is 4.69. The highest BCUT2D eigenvalue weighted by Crippen LogP contribution is 2.21. The quantitative estimate of drug-likeness (QED) is 0.760. The molecule has 0 heterocycles. The molecule has 1 amide bonds. The smallest absolute Gasteiger partial charge is 0.239 e. The van der Waals surface area contributed by atoms with E-state index < -0.39 is 6.04 Å². The van der Waals surface area contributed by atoms with Gasteiger partial charge in [0.2, 0.25) is 5.91 Å². The molecule has 0 fully saturated rings. The molecule has 1 rings (SSSR count). The van der Waals surface area contributed by atoms with Crippen molar-refractivity contribution in [2.24, 2.45) is 5.73 Å². The van der Waals surface area contributed by atoms with Crippen LogP contribution in [-0.2, 0) is 4.79 Å². The lowest BCUT2D eigenvalue weighted by atomic mass is 10.1. The minimum absolute atomic E-state index is 0.390. The molecular weight excluding hydrogens is 216 g/mol. The fourth-order valence-electron chi connectivity index (χ4n) is 1.77. The first-order chi connectivity index (χ1) is 8.11. The normalized spacial score (nSPS) is 11.9. The molecule has 1 aromatic carbocycles. The standard InChI is InChI=1S/C13H18N2O2/c1-3-8-15(10(2)13(14)17)12-7-5-4-6-11(12)9-16/h4-7,9-10H,3,8H2,1-2H3,(H2,14,17). The molecular formula is C13H18N2O2. The van der Waals surface area contributed by atoms with E-state index >= 15 is 0 Å². The molecule has 17 heavy (non-hydrogen) atoms. The Morgan fingerprint density at radius 3 is 2.65 bits per heavy atom. The number of amides is 1. The molecule has 1 unspecified atom stereocenters. The highest BCUT2D eigenvalue weighted by Gasteiger charge is 2.20. The number of anilines is 1. The Morgan fingerprint density at radius 1 is 1.47 bits per heavy atom. The van der Waals surface area contributed by atoms with Gasteiger partial charge >= 0.3 is 0 Å². The first-order valence-electron chi connectivity index (χ1n) is 5.72. The average molecular weight is 234 g/mol. The van der Waals surface area contributed by atoms with Crippen LogP contribution in [0.5, 0.6) is 0 Å². The van der Waals surface area contributed by atoms with Crippen LogP contribution in [0, 0.1) is 0 Å². The van der Waals surface area contributed by atoms with Gasteiger partial charge in [0, 0.05) is 17.8 Å². The average Bonchev–Trinajstić information content (AvgIpc) is 2.35. The number of carbonyl (C=O) groups is 2. The fourth-order valence-corrected chi connectivity index (χ4v) is 1.77. The summed E-state index contributed by atoms with van der Waals surface area (Å²) in [5, 5.41) is 0. The number of aldehydes is 1. The van der Waals surface area contributed by atoms with Gasteiger partial charge in [0.1, 0.15) is 6.04 Å². The van der Waals surface area contributed by atoms with Gasteiger partial charge in [-0.15, -0.1) is 0 Å². The third-order valence-electron chi connectivity index (χ3n) is 2.72. The Balaban J connectivity index is 3.12. The summed E-state index contributed by atoms with van der Waals surface area (Å²) in [5.41, 5.74) is 6.66. The molecule has 0 saturated carbocycles. The van der Waals surface area contributed by atoms with Crippen LogP contribution in [0.4, 0.5) is 5.69 Å². The van der Waals surface area contributed by atoms with Crippen LogP contribution in [0.2, 0.25) is 0 Å². The second-order valence-corrected chi connectivity index (χ2v) is 3.95. The molecule has 4 nitrogen and oxygen atoms in total. The Labute approximate surface area is 101 Å². The summed E-state index contributed by atoms with van der Waals surface area (Å²) in [4.78, 5) is 24.1. The molecule has 92 valence electrons. The summed E-state index contributed by atoms with van der Waals surface area (Å²) < 4.78 is 0. The molecule has 0 saturated heterocycles. The van der Waals surface area contributed by atoms with Gasteiger partial charge in [-0.1, -0.05) is 19.1 Å². The molecule has 2 N–H and O–H groups in total. The van der Waals surface area contributed by atoms with Gasteiger partial charge in [-0.3, -0.25) is 9.59 Å². The summed E-state index contributed by atoms with van der Waals surface area (Å²) in [6, 6.07) is 6.79. The van der Waals surface area contributed by atoms with Gasteiger partial charge < -0.3 is 10.6 Å². The molecule has 0 aromatic heterocycles. The molecule has 1 atom stereocenters. The molecule has 0 aliphatic heterocycles. The van der Waals surface area contributed by atoms with Crippen molar-refractivity contribution in [3.8, 4) is 0 Å². The van der Waals surface area contributed by atoms with Crippen LogP contribution in [0.25, 0.3) is 0 Å². The highest BCUT2D eigenvalue weighted by molar-refractivity contribution is 5.88. The Morgan fingerprint density at radius 2 is 2.12 bits per heavy atom. The lowest BCUT2D eigenvalue weighted by molar-refractivity contribution is -0.118. The van der Waals surface area contributed by atoms with Crippen LogP contribution >= 0.6 is 0 Å². The van der Waals surface area contributed by atoms with E-state index in [2.05, 4.69) is 0 Å². The second kappa shape index (κ2) is 6.03. The van der Waals surface area contributed by atoms with Gasteiger partial charge in [-0.05, 0) is 25.5 Å². The maximum Gasteiger partial charge on any atom is 0.239 e. The second-order valence-electron chi connectivity index (χ2n) is 3.95. The molecule has 0 aliphatic rings. The maximum absolute atomic E-state index is 11.3. The predicted molar refractivity (Wildman–Crippen MR) is 68.1 cm³/mol. The minimum atomic E-state index is -0.420. The molecule has 4 heteroatoms.